The molecular formula is C21H28N4O3S. The monoisotopic (exact) mass is 416 g/mol. The molecule has 4 heterocycles. The Balaban J connectivity index is 1.69. The van der Waals surface area contributed by atoms with Crippen LogP contribution < -0.4 is 10.2 Å². The SMILES string of the molecule is Cc1nc(NC(=O)c2cc(N3C[C@@H](C)O[C@@H](C)C3)nc3c2CCOCC3)sc1C. The molecule has 0 bridgehead atoms. The molecule has 8 heteroatoms. The topological polar surface area (TPSA) is 76.6 Å². The minimum atomic E-state index is -0.130. The third-order valence-corrected chi connectivity index (χ3v) is 6.40. The Morgan fingerprint density at radius 3 is 2.59 bits per heavy atom. The Labute approximate surface area is 175 Å². The van der Waals surface area contributed by atoms with Crippen LogP contribution in [-0.2, 0) is 22.3 Å². The summed E-state index contributed by atoms with van der Waals surface area (Å²) in [6, 6.07) is 1.93. The minimum Gasteiger partial charge on any atom is -0.381 e. The largest absolute Gasteiger partial charge is 0.381 e. The molecule has 1 saturated heterocycles. The second-order valence-electron chi connectivity index (χ2n) is 7.84. The lowest BCUT2D eigenvalue weighted by Crippen LogP contribution is -2.46. The van der Waals surface area contributed by atoms with Gasteiger partial charge >= 0.3 is 0 Å². The van der Waals surface area contributed by atoms with Crippen LogP contribution in [0.1, 0.15) is 46.0 Å². The lowest BCUT2D eigenvalue weighted by molar-refractivity contribution is -0.00547. The Morgan fingerprint density at radius 1 is 1.17 bits per heavy atom. The number of aromatic nitrogens is 2. The third-order valence-electron chi connectivity index (χ3n) is 5.41. The molecule has 0 saturated carbocycles. The number of hydrogen-bond donors (Lipinski definition) is 1. The van der Waals surface area contributed by atoms with Crippen LogP contribution in [0.4, 0.5) is 10.9 Å². The molecule has 29 heavy (non-hydrogen) atoms. The fraction of sp³-hybridized carbons (Fsp3) is 0.571. The Bertz CT molecular complexity index is 884. The summed E-state index contributed by atoms with van der Waals surface area (Å²) >= 11 is 1.50. The molecule has 2 aliphatic heterocycles. The molecule has 0 aliphatic carbocycles. The van der Waals surface area contributed by atoms with Crippen LogP contribution in [0.5, 0.6) is 0 Å². The van der Waals surface area contributed by atoms with Crippen molar-refractivity contribution in [3.05, 3.63) is 33.5 Å². The number of nitrogens with zero attached hydrogens (tertiary/aromatic N) is 3. The number of amides is 1. The highest BCUT2D eigenvalue weighted by molar-refractivity contribution is 7.15. The first-order chi connectivity index (χ1) is 13.9. The first-order valence-electron chi connectivity index (χ1n) is 10.2. The molecule has 0 unspecified atom stereocenters. The summed E-state index contributed by atoms with van der Waals surface area (Å²) < 4.78 is 11.5. The maximum Gasteiger partial charge on any atom is 0.257 e. The normalized spacial score (nSPS) is 22.1. The zero-order chi connectivity index (χ0) is 20.5. The van der Waals surface area contributed by atoms with Gasteiger partial charge in [-0.05, 0) is 45.7 Å². The van der Waals surface area contributed by atoms with E-state index in [1.54, 1.807) is 0 Å². The van der Waals surface area contributed by atoms with Gasteiger partial charge < -0.3 is 14.4 Å². The molecule has 1 fully saturated rings. The standard InChI is InChI=1S/C21H28N4O3S/c1-12-10-25(11-13(2)28-12)19-9-17(16-5-7-27-8-6-18(16)23-19)20(26)24-21-22-14(3)15(4)29-21/h9,12-13H,5-8,10-11H2,1-4H3,(H,22,24,26)/t12-,13+. The van der Waals surface area contributed by atoms with Crippen LogP contribution in [0.3, 0.4) is 0 Å². The zero-order valence-electron chi connectivity index (χ0n) is 17.4. The second-order valence-corrected chi connectivity index (χ2v) is 9.05. The van der Waals surface area contributed by atoms with Crippen molar-refractivity contribution >= 4 is 28.2 Å². The van der Waals surface area contributed by atoms with Crippen LogP contribution in [-0.4, -0.2) is 54.4 Å². The lowest BCUT2D eigenvalue weighted by atomic mass is 10.0. The highest BCUT2D eigenvalue weighted by Gasteiger charge is 2.27. The molecule has 7 nitrogen and oxygen atoms in total. The van der Waals surface area contributed by atoms with Gasteiger partial charge in [-0.15, -0.1) is 11.3 Å². The summed E-state index contributed by atoms with van der Waals surface area (Å²) in [5.41, 5.74) is 3.57. The first kappa shape index (κ1) is 20.3. The van der Waals surface area contributed by atoms with E-state index >= 15 is 0 Å². The summed E-state index contributed by atoms with van der Waals surface area (Å²) in [4.78, 5) is 25.9. The van der Waals surface area contributed by atoms with Crippen LogP contribution in [0, 0.1) is 13.8 Å². The number of anilines is 2. The van der Waals surface area contributed by atoms with E-state index in [4.69, 9.17) is 14.5 Å². The molecule has 156 valence electrons. The van der Waals surface area contributed by atoms with Crippen LogP contribution in [0.2, 0.25) is 0 Å². The highest BCUT2D eigenvalue weighted by atomic mass is 32.1. The van der Waals surface area contributed by atoms with Gasteiger partial charge in [0.2, 0.25) is 0 Å². The predicted octanol–water partition coefficient (Wildman–Crippen LogP) is 3.14. The average Bonchev–Trinajstić information content (AvgIpc) is 2.85. The fourth-order valence-corrected chi connectivity index (χ4v) is 4.77. The number of carbonyl (C=O) groups is 1. The van der Waals surface area contributed by atoms with E-state index in [2.05, 4.69) is 29.0 Å². The molecule has 0 spiro atoms. The van der Waals surface area contributed by atoms with E-state index in [-0.39, 0.29) is 18.1 Å². The molecule has 4 rings (SSSR count). The van der Waals surface area contributed by atoms with Crippen LogP contribution in [0.25, 0.3) is 0 Å². The molecule has 0 radical (unpaired) electrons. The number of rotatable bonds is 3. The zero-order valence-corrected chi connectivity index (χ0v) is 18.3. The molecule has 1 N–H and O–H groups in total. The summed E-state index contributed by atoms with van der Waals surface area (Å²) in [5, 5.41) is 3.63. The molecular weight excluding hydrogens is 388 g/mol. The maximum atomic E-state index is 13.2. The van der Waals surface area contributed by atoms with Crippen molar-refractivity contribution in [1.82, 2.24) is 9.97 Å². The van der Waals surface area contributed by atoms with Crippen molar-refractivity contribution in [3.8, 4) is 0 Å². The van der Waals surface area contributed by atoms with Crippen molar-refractivity contribution in [1.29, 1.82) is 0 Å². The van der Waals surface area contributed by atoms with E-state index in [0.717, 1.165) is 40.7 Å². The van der Waals surface area contributed by atoms with Gasteiger partial charge in [0.15, 0.2) is 5.13 Å². The Morgan fingerprint density at radius 2 is 1.90 bits per heavy atom. The lowest BCUT2D eigenvalue weighted by Gasteiger charge is -2.36. The highest BCUT2D eigenvalue weighted by Crippen LogP contribution is 2.28. The summed E-state index contributed by atoms with van der Waals surface area (Å²) in [6.45, 7) is 10.9. The Kier molecular flexibility index (Phi) is 5.85. The predicted molar refractivity (Wildman–Crippen MR) is 114 cm³/mol. The van der Waals surface area contributed by atoms with E-state index in [0.29, 0.717) is 36.8 Å². The molecule has 2 aromatic rings. The van der Waals surface area contributed by atoms with Gasteiger partial charge in [0.05, 0.1) is 31.1 Å². The van der Waals surface area contributed by atoms with Crippen molar-refractivity contribution < 1.29 is 14.3 Å². The summed E-state index contributed by atoms with van der Waals surface area (Å²) in [6.07, 6.45) is 1.66. The number of pyridine rings is 1. The van der Waals surface area contributed by atoms with Gasteiger partial charge in [0, 0.05) is 35.6 Å². The number of fused-ring (bicyclic) bond motifs is 1. The van der Waals surface area contributed by atoms with Crippen molar-refractivity contribution in [2.24, 2.45) is 0 Å². The Hall–Kier alpha value is -2.03. The van der Waals surface area contributed by atoms with Gasteiger partial charge in [0.1, 0.15) is 5.82 Å². The van der Waals surface area contributed by atoms with Gasteiger partial charge in [0.25, 0.3) is 5.91 Å². The molecule has 2 aromatic heterocycles. The minimum absolute atomic E-state index is 0.126. The summed E-state index contributed by atoms with van der Waals surface area (Å²) in [5.74, 6) is 0.708. The average molecular weight is 417 g/mol. The van der Waals surface area contributed by atoms with E-state index in [1.165, 1.54) is 11.3 Å². The number of carbonyl (C=O) groups excluding carboxylic acids is 1. The quantitative estimate of drug-likeness (QED) is 0.828. The van der Waals surface area contributed by atoms with Crippen LogP contribution >= 0.6 is 11.3 Å². The van der Waals surface area contributed by atoms with Crippen molar-refractivity contribution in [2.75, 3.05) is 36.5 Å². The van der Waals surface area contributed by atoms with Crippen LogP contribution in [0.15, 0.2) is 6.07 Å². The number of morpholine rings is 1. The molecule has 1 amide bonds. The van der Waals surface area contributed by atoms with Crippen molar-refractivity contribution in [2.45, 2.75) is 52.7 Å². The number of aryl methyl sites for hydroxylation is 2. The molecule has 2 atom stereocenters. The van der Waals surface area contributed by atoms with Gasteiger partial charge in [-0.1, -0.05) is 0 Å². The van der Waals surface area contributed by atoms with Crippen molar-refractivity contribution in [3.63, 3.8) is 0 Å². The van der Waals surface area contributed by atoms with Gasteiger partial charge in [-0.2, -0.15) is 0 Å². The summed E-state index contributed by atoms with van der Waals surface area (Å²) in [7, 11) is 0. The third kappa shape index (κ3) is 4.44. The first-order valence-corrected chi connectivity index (χ1v) is 11.0. The number of ether oxygens (including phenoxy) is 2. The molecule has 2 aliphatic rings. The molecule has 0 aromatic carbocycles. The maximum absolute atomic E-state index is 13.2. The van der Waals surface area contributed by atoms with E-state index in [1.807, 2.05) is 19.9 Å². The number of nitrogens with one attached hydrogen (secondary N) is 1. The van der Waals surface area contributed by atoms with E-state index in [9.17, 15) is 4.79 Å². The second kappa shape index (κ2) is 8.38. The fourth-order valence-electron chi connectivity index (χ4n) is 3.96. The van der Waals surface area contributed by atoms with E-state index < -0.39 is 0 Å². The number of thiazole rings is 1. The smallest absolute Gasteiger partial charge is 0.257 e. The number of hydrogen-bond acceptors (Lipinski definition) is 7. The van der Waals surface area contributed by atoms with Gasteiger partial charge in [-0.3, -0.25) is 10.1 Å². The van der Waals surface area contributed by atoms with Gasteiger partial charge in [-0.25, -0.2) is 9.97 Å².